The molecule has 3 N–H and O–H groups in total. The van der Waals surface area contributed by atoms with E-state index in [1.54, 1.807) is 0 Å². The van der Waals surface area contributed by atoms with Gasteiger partial charge in [-0.05, 0) is 23.8 Å². The molecule has 8 heteroatoms. The zero-order chi connectivity index (χ0) is 14.6. The molecule has 0 fully saturated rings. The Balaban J connectivity index is 2.66. The van der Waals surface area contributed by atoms with Gasteiger partial charge in [-0.2, -0.15) is 8.78 Å². The Kier molecular flexibility index (Phi) is 4.82. The lowest BCUT2D eigenvalue weighted by atomic mass is 10.1. The van der Waals surface area contributed by atoms with Crippen molar-refractivity contribution in [1.82, 2.24) is 0 Å². The number of halogens is 5. The van der Waals surface area contributed by atoms with Crippen LogP contribution in [0.3, 0.4) is 0 Å². The van der Waals surface area contributed by atoms with E-state index in [1.807, 2.05) is 0 Å². The number of benzene rings is 1. The van der Waals surface area contributed by atoms with Gasteiger partial charge in [0.2, 0.25) is 0 Å². The van der Waals surface area contributed by atoms with Crippen LogP contribution in [0.15, 0.2) is 18.2 Å². The highest BCUT2D eigenvalue weighted by atomic mass is 19.3. The van der Waals surface area contributed by atoms with Crippen molar-refractivity contribution < 1.29 is 26.7 Å². The SMILES string of the molecule is N=C(N)c1cc(F)cc(COCC(F)(F)C(F)F)c1. The van der Waals surface area contributed by atoms with Crippen molar-refractivity contribution in [3.8, 4) is 0 Å². The summed E-state index contributed by atoms with van der Waals surface area (Å²) in [7, 11) is 0. The van der Waals surface area contributed by atoms with Gasteiger partial charge in [-0.3, -0.25) is 5.41 Å². The summed E-state index contributed by atoms with van der Waals surface area (Å²) in [5.41, 5.74) is 5.32. The maximum atomic E-state index is 13.1. The zero-order valence-corrected chi connectivity index (χ0v) is 9.60. The molecule has 0 aromatic heterocycles. The first-order chi connectivity index (χ1) is 8.72. The molecule has 0 spiro atoms. The number of nitrogens with two attached hydrogens (primary N) is 1. The number of nitrogen functional groups attached to an aromatic ring is 1. The Morgan fingerprint density at radius 3 is 2.47 bits per heavy atom. The number of amidine groups is 1. The molecule has 0 bridgehead atoms. The van der Waals surface area contributed by atoms with E-state index in [1.165, 1.54) is 6.07 Å². The summed E-state index contributed by atoms with van der Waals surface area (Å²) >= 11 is 0. The summed E-state index contributed by atoms with van der Waals surface area (Å²) in [5, 5.41) is 7.11. The van der Waals surface area contributed by atoms with Gasteiger partial charge in [-0.1, -0.05) is 0 Å². The molecule has 19 heavy (non-hydrogen) atoms. The number of hydrogen-bond acceptors (Lipinski definition) is 2. The van der Waals surface area contributed by atoms with Gasteiger partial charge in [0.05, 0.1) is 6.61 Å². The zero-order valence-electron chi connectivity index (χ0n) is 9.60. The van der Waals surface area contributed by atoms with E-state index in [-0.39, 0.29) is 11.1 Å². The maximum Gasteiger partial charge on any atom is 0.330 e. The molecule has 0 unspecified atom stereocenters. The lowest BCUT2D eigenvalue weighted by Gasteiger charge is -2.15. The molecule has 106 valence electrons. The molecule has 0 aliphatic carbocycles. The van der Waals surface area contributed by atoms with Crippen LogP contribution in [0.1, 0.15) is 11.1 Å². The fourth-order valence-electron chi connectivity index (χ4n) is 1.26. The van der Waals surface area contributed by atoms with Crippen LogP contribution in [0, 0.1) is 11.2 Å². The monoisotopic (exact) mass is 282 g/mol. The van der Waals surface area contributed by atoms with Crippen LogP contribution < -0.4 is 5.73 Å². The summed E-state index contributed by atoms with van der Waals surface area (Å²) in [6.45, 7) is -1.96. The largest absolute Gasteiger partial charge is 0.384 e. The quantitative estimate of drug-likeness (QED) is 0.478. The summed E-state index contributed by atoms with van der Waals surface area (Å²) in [6, 6.07) is 3.22. The van der Waals surface area contributed by atoms with Gasteiger partial charge in [-0.15, -0.1) is 0 Å². The smallest absolute Gasteiger partial charge is 0.330 e. The van der Waals surface area contributed by atoms with Crippen molar-refractivity contribution in [3.05, 3.63) is 35.1 Å². The molecule has 0 saturated heterocycles. The highest BCUT2D eigenvalue weighted by Crippen LogP contribution is 2.23. The highest BCUT2D eigenvalue weighted by molar-refractivity contribution is 5.95. The summed E-state index contributed by atoms with van der Waals surface area (Å²) < 4.78 is 66.3. The average molecular weight is 282 g/mol. The van der Waals surface area contributed by atoms with Gasteiger partial charge in [0.1, 0.15) is 18.3 Å². The van der Waals surface area contributed by atoms with Crippen molar-refractivity contribution in [2.75, 3.05) is 6.61 Å². The van der Waals surface area contributed by atoms with Crippen molar-refractivity contribution in [2.24, 2.45) is 5.73 Å². The summed E-state index contributed by atoms with van der Waals surface area (Å²) in [4.78, 5) is 0. The molecule has 1 aromatic rings. The van der Waals surface area contributed by atoms with Crippen LogP contribution in [0.4, 0.5) is 22.0 Å². The second kappa shape index (κ2) is 5.96. The third kappa shape index (κ3) is 4.47. The van der Waals surface area contributed by atoms with E-state index in [0.717, 1.165) is 12.1 Å². The van der Waals surface area contributed by atoms with E-state index in [0.29, 0.717) is 0 Å². The molecule has 0 radical (unpaired) electrons. The standard InChI is InChI=1S/C11H11F5N2O/c12-8-2-6(1-7(3-8)9(17)18)4-19-5-11(15,16)10(13)14/h1-3,10H,4-5H2,(H3,17,18). The van der Waals surface area contributed by atoms with Gasteiger partial charge in [0.15, 0.2) is 0 Å². The normalized spacial score (nSPS) is 11.9. The lowest BCUT2D eigenvalue weighted by Crippen LogP contribution is -2.32. The molecule has 1 aromatic carbocycles. The number of rotatable bonds is 6. The fraction of sp³-hybridized carbons (Fsp3) is 0.364. The Morgan fingerprint density at radius 1 is 1.32 bits per heavy atom. The van der Waals surface area contributed by atoms with E-state index >= 15 is 0 Å². The molecule has 0 aliphatic rings. The van der Waals surface area contributed by atoms with Gasteiger partial charge < -0.3 is 10.5 Å². The number of hydrogen-bond donors (Lipinski definition) is 2. The molecular weight excluding hydrogens is 271 g/mol. The first-order valence-electron chi connectivity index (χ1n) is 5.10. The Bertz CT molecular complexity index is 464. The van der Waals surface area contributed by atoms with Crippen LogP contribution in [-0.4, -0.2) is 24.8 Å². The predicted molar refractivity (Wildman–Crippen MR) is 58.0 cm³/mol. The molecule has 1 rings (SSSR count). The van der Waals surface area contributed by atoms with Crippen molar-refractivity contribution in [3.63, 3.8) is 0 Å². The van der Waals surface area contributed by atoms with Crippen LogP contribution in [-0.2, 0) is 11.3 Å². The third-order valence-electron chi connectivity index (χ3n) is 2.15. The lowest BCUT2D eigenvalue weighted by molar-refractivity contribution is -0.168. The number of alkyl halides is 4. The molecular formula is C11H11F5N2O. The van der Waals surface area contributed by atoms with E-state index in [4.69, 9.17) is 11.1 Å². The number of nitrogens with one attached hydrogen (secondary N) is 1. The Morgan fingerprint density at radius 2 is 1.95 bits per heavy atom. The maximum absolute atomic E-state index is 13.1. The molecule has 3 nitrogen and oxygen atoms in total. The first kappa shape index (κ1) is 15.4. The van der Waals surface area contributed by atoms with Gasteiger partial charge >= 0.3 is 12.3 Å². The van der Waals surface area contributed by atoms with Crippen LogP contribution >= 0.6 is 0 Å². The molecule has 0 saturated carbocycles. The van der Waals surface area contributed by atoms with Gasteiger partial charge in [-0.25, -0.2) is 13.2 Å². The minimum absolute atomic E-state index is 0.0548. The minimum atomic E-state index is -4.25. The highest BCUT2D eigenvalue weighted by Gasteiger charge is 2.40. The van der Waals surface area contributed by atoms with Crippen molar-refractivity contribution in [2.45, 2.75) is 19.0 Å². The van der Waals surface area contributed by atoms with Crippen molar-refractivity contribution >= 4 is 5.84 Å². The second-order valence-corrected chi connectivity index (χ2v) is 3.82. The minimum Gasteiger partial charge on any atom is -0.384 e. The Hall–Kier alpha value is -1.70. The molecule has 0 amide bonds. The first-order valence-corrected chi connectivity index (χ1v) is 5.10. The fourth-order valence-corrected chi connectivity index (χ4v) is 1.26. The summed E-state index contributed by atoms with van der Waals surface area (Å²) in [5.74, 6) is -5.39. The predicted octanol–water partition coefficient (Wildman–Crippen LogP) is 2.53. The second-order valence-electron chi connectivity index (χ2n) is 3.82. The van der Waals surface area contributed by atoms with Crippen molar-refractivity contribution in [1.29, 1.82) is 5.41 Å². The van der Waals surface area contributed by atoms with Crippen LogP contribution in [0.2, 0.25) is 0 Å². The van der Waals surface area contributed by atoms with E-state index in [2.05, 4.69) is 4.74 Å². The van der Waals surface area contributed by atoms with Gasteiger partial charge in [0.25, 0.3) is 0 Å². The average Bonchev–Trinajstić information content (AvgIpc) is 2.27. The third-order valence-corrected chi connectivity index (χ3v) is 2.15. The summed E-state index contributed by atoms with van der Waals surface area (Å²) in [6.07, 6.45) is -3.83. The number of ether oxygens (including phenoxy) is 1. The molecule has 0 atom stereocenters. The van der Waals surface area contributed by atoms with Crippen LogP contribution in [0.25, 0.3) is 0 Å². The topological polar surface area (TPSA) is 59.1 Å². The molecule has 0 aliphatic heterocycles. The van der Waals surface area contributed by atoms with E-state index in [9.17, 15) is 22.0 Å². The van der Waals surface area contributed by atoms with Gasteiger partial charge in [0, 0.05) is 5.56 Å². The van der Waals surface area contributed by atoms with E-state index < -0.39 is 37.2 Å². The Labute approximate surface area is 105 Å². The molecule has 0 heterocycles. The van der Waals surface area contributed by atoms with Crippen LogP contribution in [0.5, 0.6) is 0 Å².